The predicted octanol–water partition coefficient (Wildman–Crippen LogP) is 2.19. The highest BCUT2D eigenvalue weighted by molar-refractivity contribution is 7.86. The first-order chi connectivity index (χ1) is 6.00. The van der Waals surface area contributed by atoms with Crippen LogP contribution in [0.3, 0.4) is 0 Å². The van der Waals surface area contributed by atoms with Crippen LogP contribution in [0.15, 0.2) is 0 Å². The summed E-state index contributed by atoms with van der Waals surface area (Å²) in [6, 6.07) is 0. The van der Waals surface area contributed by atoms with Crippen molar-refractivity contribution in [2.24, 2.45) is 0 Å². The summed E-state index contributed by atoms with van der Waals surface area (Å²) < 4.78 is 30.3. The zero-order valence-corrected chi connectivity index (χ0v) is 8.81. The summed E-state index contributed by atoms with van der Waals surface area (Å²) in [6.45, 7) is 1.57. The topological polar surface area (TPSA) is 54.4 Å². The van der Waals surface area contributed by atoms with Crippen LogP contribution in [0.1, 0.15) is 45.4 Å². The van der Waals surface area contributed by atoms with E-state index in [4.69, 9.17) is 4.55 Å². The molecule has 0 aromatic carbocycles. The van der Waals surface area contributed by atoms with Crippen molar-refractivity contribution in [1.82, 2.24) is 0 Å². The zero-order chi connectivity index (χ0) is 9.90. The SMILES string of the molecule is CC(C[C]1CCCCC1)S(=O)(=O)O. The lowest BCUT2D eigenvalue weighted by atomic mass is 9.86. The fourth-order valence-corrected chi connectivity index (χ4v) is 2.21. The molecule has 0 aromatic rings. The van der Waals surface area contributed by atoms with Gasteiger partial charge in [-0.3, -0.25) is 4.55 Å². The molecule has 1 saturated carbocycles. The van der Waals surface area contributed by atoms with E-state index < -0.39 is 15.4 Å². The number of hydrogen-bond acceptors (Lipinski definition) is 2. The van der Waals surface area contributed by atoms with Crippen molar-refractivity contribution in [1.29, 1.82) is 0 Å². The first-order valence-electron chi connectivity index (χ1n) is 4.80. The van der Waals surface area contributed by atoms with E-state index in [0.717, 1.165) is 12.8 Å². The molecule has 0 spiro atoms. The van der Waals surface area contributed by atoms with Gasteiger partial charge in [-0.1, -0.05) is 19.3 Å². The Bertz CT molecular complexity index is 240. The summed E-state index contributed by atoms with van der Waals surface area (Å²) in [5.74, 6) is 1.30. The van der Waals surface area contributed by atoms with Gasteiger partial charge in [-0.25, -0.2) is 0 Å². The van der Waals surface area contributed by atoms with E-state index >= 15 is 0 Å². The lowest BCUT2D eigenvalue weighted by molar-refractivity contribution is 0.452. The van der Waals surface area contributed by atoms with Crippen molar-refractivity contribution in [2.75, 3.05) is 0 Å². The third kappa shape index (κ3) is 3.65. The van der Waals surface area contributed by atoms with Crippen LogP contribution in [0.2, 0.25) is 0 Å². The second-order valence-electron chi connectivity index (χ2n) is 3.84. The molecule has 1 unspecified atom stereocenters. The molecule has 0 aromatic heterocycles. The fourth-order valence-electron chi connectivity index (χ4n) is 1.77. The molecule has 1 aliphatic rings. The Morgan fingerprint density at radius 3 is 2.31 bits per heavy atom. The smallest absolute Gasteiger partial charge is 0.267 e. The van der Waals surface area contributed by atoms with Gasteiger partial charge in [-0.2, -0.15) is 8.42 Å². The molecule has 1 rings (SSSR count). The Morgan fingerprint density at radius 1 is 1.31 bits per heavy atom. The summed E-state index contributed by atoms with van der Waals surface area (Å²) in [5.41, 5.74) is 0. The van der Waals surface area contributed by atoms with Crippen molar-refractivity contribution in [3.8, 4) is 0 Å². The van der Waals surface area contributed by atoms with Crippen LogP contribution in [-0.2, 0) is 10.1 Å². The van der Waals surface area contributed by atoms with Gasteiger partial charge in [0, 0.05) is 0 Å². The van der Waals surface area contributed by atoms with E-state index in [1.54, 1.807) is 6.92 Å². The second kappa shape index (κ2) is 4.42. The van der Waals surface area contributed by atoms with Gasteiger partial charge in [0.25, 0.3) is 10.1 Å². The van der Waals surface area contributed by atoms with Gasteiger partial charge in [0.2, 0.25) is 0 Å². The monoisotopic (exact) mass is 205 g/mol. The summed E-state index contributed by atoms with van der Waals surface area (Å²) in [7, 11) is -3.82. The Balaban J connectivity index is 2.39. The largest absolute Gasteiger partial charge is 0.285 e. The van der Waals surface area contributed by atoms with Crippen molar-refractivity contribution in [2.45, 2.75) is 50.7 Å². The molecule has 0 heterocycles. The van der Waals surface area contributed by atoms with Gasteiger partial charge in [0.05, 0.1) is 5.25 Å². The summed E-state index contributed by atoms with van der Waals surface area (Å²) >= 11 is 0. The lowest BCUT2D eigenvalue weighted by Gasteiger charge is -2.22. The second-order valence-corrected chi connectivity index (χ2v) is 5.68. The van der Waals surface area contributed by atoms with Gasteiger partial charge in [-0.15, -0.1) is 0 Å². The summed E-state index contributed by atoms with van der Waals surface area (Å²) in [5, 5.41) is -0.624. The molecule has 1 radical (unpaired) electrons. The van der Waals surface area contributed by atoms with Gasteiger partial charge in [-0.05, 0) is 32.1 Å². The molecule has 1 atom stereocenters. The molecule has 0 bridgehead atoms. The van der Waals surface area contributed by atoms with Gasteiger partial charge in [0.1, 0.15) is 0 Å². The average molecular weight is 205 g/mol. The maximum atomic E-state index is 10.7. The zero-order valence-electron chi connectivity index (χ0n) is 7.99. The third-order valence-corrected chi connectivity index (χ3v) is 3.83. The standard InChI is InChI=1S/C9H17O3S/c1-8(13(10,11)12)7-9-5-3-2-4-6-9/h8H,2-7H2,1H3,(H,10,11,12). The van der Waals surface area contributed by atoms with Crippen LogP contribution in [0, 0.1) is 5.92 Å². The summed E-state index contributed by atoms with van der Waals surface area (Å²) in [4.78, 5) is 0. The highest BCUT2D eigenvalue weighted by atomic mass is 32.2. The van der Waals surface area contributed by atoms with E-state index in [-0.39, 0.29) is 0 Å². The predicted molar refractivity (Wildman–Crippen MR) is 52.0 cm³/mol. The van der Waals surface area contributed by atoms with Crippen molar-refractivity contribution in [3.63, 3.8) is 0 Å². The molecular weight excluding hydrogens is 188 g/mol. The Labute approximate surface area is 80.3 Å². The number of rotatable bonds is 3. The average Bonchev–Trinajstić information content (AvgIpc) is 2.04. The minimum absolute atomic E-state index is 0.541. The van der Waals surface area contributed by atoms with E-state index in [1.165, 1.54) is 25.2 Å². The maximum Gasteiger partial charge on any atom is 0.267 e. The molecule has 4 heteroatoms. The van der Waals surface area contributed by atoms with Gasteiger partial charge < -0.3 is 0 Å². The Hall–Kier alpha value is -0.0900. The van der Waals surface area contributed by atoms with Crippen LogP contribution in [0.4, 0.5) is 0 Å². The highest BCUT2D eigenvalue weighted by Gasteiger charge is 2.23. The minimum Gasteiger partial charge on any atom is -0.285 e. The first kappa shape index (κ1) is 11.0. The third-order valence-electron chi connectivity index (χ3n) is 2.65. The van der Waals surface area contributed by atoms with Crippen molar-refractivity contribution >= 4 is 10.1 Å². The molecular formula is C9H17O3S. The van der Waals surface area contributed by atoms with Crippen molar-refractivity contribution < 1.29 is 13.0 Å². The molecule has 1 fully saturated rings. The number of hydrogen-bond donors (Lipinski definition) is 1. The molecule has 0 saturated heterocycles. The van der Waals surface area contributed by atoms with E-state index in [9.17, 15) is 8.42 Å². The van der Waals surface area contributed by atoms with Gasteiger partial charge >= 0.3 is 0 Å². The molecule has 0 amide bonds. The van der Waals surface area contributed by atoms with E-state index in [0.29, 0.717) is 6.42 Å². The normalized spacial score (nSPS) is 22.9. The van der Waals surface area contributed by atoms with Gasteiger partial charge in [0.15, 0.2) is 0 Å². The Morgan fingerprint density at radius 2 is 1.85 bits per heavy atom. The first-order valence-corrected chi connectivity index (χ1v) is 6.30. The molecule has 77 valence electrons. The molecule has 13 heavy (non-hydrogen) atoms. The van der Waals surface area contributed by atoms with Crippen LogP contribution in [-0.4, -0.2) is 18.2 Å². The summed E-state index contributed by atoms with van der Waals surface area (Å²) in [6.07, 6.45) is 6.23. The quantitative estimate of drug-likeness (QED) is 0.718. The van der Waals surface area contributed by atoms with E-state index in [1.807, 2.05) is 0 Å². The van der Waals surface area contributed by atoms with E-state index in [2.05, 4.69) is 0 Å². The van der Waals surface area contributed by atoms with Crippen LogP contribution >= 0.6 is 0 Å². The fraction of sp³-hybridized carbons (Fsp3) is 0.889. The molecule has 1 aliphatic carbocycles. The van der Waals surface area contributed by atoms with Crippen LogP contribution in [0.25, 0.3) is 0 Å². The minimum atomic E-state index is -3.82. The molecule has 1 N–H and O–H groups in total. The van der Waals surface area contributed by atoms with Crippen molar-refractivity contribution in [3.05, 3.63) is 5.92 Å². The Kier molecular flexibility index (Phi) is 3.74. The van der Waals surface area contributed by atoms with Crippen LogP contribution in [0.5, 0.6) is 0 Å². The van der Waals surface area contributed by atoms with Crippen LogP contribution < -0.4 is 0 Å². The molecule has 3 nitrogen and oxygen atoms in total. The lowest BCUT2D eigenvalue weighted by Crippen LogP contribution is -2.20. The highest BCUT2D eigenvalue weighted by Crippen LogP contribution is 2.30. The molecule has 0 aliphatic heterocycles. The maximum absolute atomic E-state index is 10.7.